The van der Waals surface area contributed by atoms with Crippen LogP contribution in [0.4, 0.5) is 0 Å². The standard InChI is InChI=1S/C30H48N2O4/c1-9-19(3)31-21(27-23(33)15-29(5,6)16-24(27)34)13-11-12-14-22(32-20(4)10-2)28-25(35)17-30(7,8)18-26(28)36/h19-20,33,35H,9-18H2,1-8H3. The number of hydrogen-bond donors (Lipinski definition) is 2. The Balaban J connectivity index is 2.23. The molecule has 2 unspecified atom stereocenters. The monoisotopic (exact) mass is 500 g/mol. The second-order valence-electron chi connectivity index (χ2n) is 12.4. The Bertz CT molecular complexity index is 887. The van der Waals surface area contributed by atoms with Crippen molar-refractivity contribution in [2.75, 3.05) is 0 Å². The molecule has 2 atom stereocenters. The van der Waals surface area contributed by atoms with Gasteiger partial charge in [-0.2, -0.15) is 0 Å². The van der Waals surface area contributed by atoms with E-state index in [4.69, 9.17) is 9.98 Å². The van der Waals surface area contributed by atoms with Gasteiger partial charge in [-0.1, -0.05) is 41.5 Å². The maximum atomic E-state index is 13.0. The number of aliphatic hydroxyl groups excluding tert-OH is 2. The molecule has 0 aliphatic heterocycles. The van der Waals surface area contributed by atoms with E-state index in [2.05, 4.69) is 13.8 Å². The van der Waals surface area contributed by atoms with Crippen molar-refractivity contribution in [2.24, 2.45) is 20.8 Å². The molecule has 2 aliphatic rings. The average Bonchev–Trinajstić information content (AvgIpc) is 2.73. The van der Waals surface area contributed by atoms with E-state index in [9.17, 15) is 19.8 Å². The quantitative estimate of drug-likeness (QED) is 0.228. The summed E-state index contributed by atoms with van der Waals surface area (Å²) in [6, 6.07) is 0.131. The zero-order chi connectivity index (χ0) is 27.3. The lowest BCUT2D eigenvalue weighted by atomic mass is 9.75. The van der Waals surface area contributed by atoms with Crippen LogP contribution in [0.25, 0.3) is 0 Å². The number of ketones is 2. The maximum absolute atomic E-state index is 13.0. The molecular formula is C30H48N2O4. The summed E-state index contributed by atoms with van der Waals surface area (Å²) in [6.07, 6.45) is 6.14. The first-order valence-electron chi connectivity index (χ1n) is 13.7. The Labute approximate surface area is 218 Å². The third kappa shape index (κ3) is 8.14. The first-order chi connectivity index (χ1) is 16.7. The van der Waals surface area contributed by atoms with Crippen LogP contribution < -0.4 is 0 Å². The van der Waals surface area contributed by atoms with Crippen molar-refractivity contribution in [1.29, 1.82) is 0 Å². The molecular weight excluding hydrogens is 452 g/mol. The largest absolute Gasteiger partial charge is 0.511 e. The second kappa shape index (κ2) is 12.3. The SMILES string of the molecule is CCC(C)N=C(CCCCC(=NC(C)CC)C1=C(O)CC(C)(C)CC1=O)C1=C(O)CC(C)(C)CC1=O. The van der Waals surface area contributed by atoms with Gasteiger partial charge in [0.05, 0.1) is 11.1 Å². The molecule has 0 aromatic rings. The lowest BCUT2D eigenvalue weighted by molar-refractivity contribution is -0.118. The molecule has 0 aromatic heterocycles. The highest BCUT2D eigenvalue weighted by Gasteiger charge is 2.36. The summed E-state index contributed by atoms with van der Waals surface area (Å²) in [5.41, 5.74) is 1.72. The summed E-state index contributed by atoms with van der Waals surface area (Å²) in [6.45, 7) is 16.2. The molecule has 2 rings (SSSR count). The van der Waals surface area contributed by atoms with Crippen molar-refractivity contribution in [3.05, 3.63) is 22.7 Å². The number of allylic oxidation sites excluding steroid dienone is 4. The number of aliphatic imine (C=N–C) groups is 2. The highest BCUT2D eigenvalue weighted by molar-refractivity contribution is 6.24. The number of aliphatic hydroxyl groups is 2. The van der Waals surface area contributed by atoms with E-state index in [0.717, 1.165) is 25.7 Å². The van der Waals surface area contributed by atoms with Gasteiger partial charge in [0.2, 0.25) is 0 Å². The molecule has 6 heteroatoms. The minimum atomic E-state index is -0.246. The van der Waals surface area contributed by atoms with Gasteiger partial charge in [0.25, 0.3) is 0 Å². The number of Topliss-reactive ketones (excluding diaryl/α,β-unsaturated/α-hetero) is 2. The number of nitrogens with zero attached hydrogens (tertiary/aromatic N) is 2. The van der Waals surface area contributed by atoms with Crippen LogP contribution in [0.2, 0.25) is 0 Å². The molecule has 6 nitrogen and oxygen atoms in total. The third-order valence-corrected chi connectivity index (χ3v) is 7.29. The summed E-state index contributed by atoms with van der Waals surface area (Å²) in [5, 5.41) is 21.5. The van der Waals surface area contributed by atoms with Gasteiger partial charge in [0, 0.05) is 49.2 Å². The fraction of sp³-hybridized carbons (Fsp3) is 0.733. The molecule has 2 N–H and O–H groups in total. The third-order valence-electron chi connectivity index (χ3n) is 7.29. The van der Waals surface area contributed by atoms with E-state index in [1.807, 2.05) is 41.5 Å². The predicted molar refractivity (Wildman–Crippen MR) is 148 cm³/mol. The van der Waals surface area contributed by atoms with Crippen LogP contribution in [0.5, 0.6) is 0 Å². The number of rotatable bonds is 11. The molecule has 0 heterocycles. The van der Waals surface area contributed by atoms with E-state index in [1.165, 1.54) is 0 Å². The minimum Gasteiger partial charge on any atom is -0.511 e. The van der Waals surface area contributed by atoms with Gasteiger partial charge in [0.15, 0.2) is 11.6 Å². The molecule has 0 bridgehead atoms. The van der Waals surface area contributed by atoms with Gasteiger partial charge in [-0.05, 0) is 63.2 Å². The summed E-state index contributed by atoms with van der Waals surface area (Å²) < 4.78 is 0. The van der Waals surface area contributed by atoms with Crippen molar-refractivity contribution < 1.29 is 19.8 Å². The molecule has 2 aliphatic carbocycles. The highest BCUT2D eigenvalue weighted by Crippen LogP contribution is 2.38. The zero-order valence-corrected chi connectivity index (χ0v) is 23.8. The summed E-state index contributed by atoms with van der Waals surface area (Å²) in [4.78, 5) is 35.6. The zero-order valence-electron chi connectivity index (χ0n) is 23.8. The molecule has 0 aromatic carbocycles. The molecule has 0 saturated carbocycles. The van der Waals surface area contributed by atoms with Crippen LogP contribution in [-0.4, -0.2) is 45.3 Å². The van der Waals surface area contributed by atoms with E-state index in [-0.39, 0.29) is 46.0 Å². The van der Waals surface area contributed by atoms with Crippen LogP contribution in [0, 0.1) is 10.8 Å². The van der Waals surface area contributed by atoms with Crippen LogP contribution in [0.1, 0.15) is 120 Å². The fourth-order valence-corrected chi connectivity index (χ4v) is 5.04. The van der Waals surface area contributed by atoms with Gasteiger partial charge in [0.1, 0.15) is 11.5 Å². The smallest absolute Gasteiger partial charge is 0.168 e. The Morgan fingerprint density at radius 2 is 1.06 bits per heavy atom. The highest BCUT2D eigenvalue weighted by atomic mass is 16.3. The molecule has 0 saturated heterocycles. The number of unbranched alkanes of at least 4 members (excludes halogenated alkanes) is 1. The van der Waals surface area contributed by atoms with E-state index in [1.54, 1.807) is 0 Å². The molecule has 36 heavy (non-hydrogen) atoms. The molecule has 0 radical (unpaired) electrons. The molecule has 0 fully saturated rings. The molecule has 0 spiro atoms. The fourth-order valence-electron chi connectivity index (χ4n) is 5.04. The lowest BCUT2D eigenvalue weighted by Gasteiger charge is -2.30. The number of hydrogen-bond acceptors (Lipinski definition) is 6. The second-order valence-corrected chi connectivity index (χ2v) is 12.4. The van der Waals surface area contributed by atoms with E-state index in [0.29, 0.717) is 61.1 Å². The Hall–Kier alpha value is -2.24. The molecule has 202 valence electrons. The lowest BCUT2D eigenvalue weighted by Crippen LogP contribution is -2.30. The molecule has 0 amide bonds. The van der Waals surface area contributed by atoms with E-state index >= 15 is 0 Å². The van der Waals surface area contributed by atoms with Gasteiger partial charge in [-0.25, -0.2) is 0 Å². The average molecular weight is 501 g/mol. The van der Waals surface area contributed by atoms with Crippen LogP contribution in [0.3, 0.4) is 0 Å². The number of carbonyl (C=O) groups excluding carboxylic acids is 2. The van der Waals surface area contributed by atoms with Crippen LogP contribution in [-0.2, 0) is 9.59 Å². The Morgan fingerprint density at radius 1 is 0.722 bits per heavy atom. The first-order valence-corrected chi connectivity index (χ1v) is 13.7. The maximum Gasteiger partial charge on any atom is 0.168 e. The van der Waals surface area contributed by atoms with Gasteiger partial charge in [-0.15, -0.1) is 0 Å². The Morgan fingerprint density at radius 3 is 1.33 bits per heavy atom. The Kier molecular flexibility index (Phi) is 10.3. The predicted octanol–water partition coefficient (Wildman–Crippen LogP) is 7.43. The van der Waals surface area contributed by atoms with Crippen molar-refractivity contribution in [1.82, 2.24) is 0 Å². The van der Waals surface area contributed by atoms with Crippen LogP contribution in [0.15, 0.2) is 32.6 Å². The first kappa shape index (κ1) is 30.0. The summed E-state index contributed by atoms with van der Waals surface area (Å²) >= 11 is 0. The summed E-state index contributed by atoms with van der Waals surface area (Å²) in [5.74, 6) is 0.247. The minimum absolute atomic E-state index is 0.0321. The number of carbonyl (C=O) groups is 2. The van der Waals surface area contributed by atoms with Crippen molar-refractivity contribution in [3.63, 3.8) is 0 Å². The normalized spacial score (nSPS) is 22.8. The van der Waals surface area contributed by atoms with Crippen molar-refractivity contribution in [3.8, 4) is 0 Å². The van der Waals surface area contributed by atoms with Gasteiger partial charge >= 0.3 is 0 Å². The summed E-state index contributed by atoms with van der Waals surface area (Å²) in [7, 11) is 0. The van der Waals surface area contributed by atoms with E-state index < -0.39 is 0 Å². The van der Waals surface area contributed by atoms with Crippen molar-refractivity contribution in [2.45, 2.75) is 132 Å². The van der Waals surface area contributed by atoms with Gasteiger partial charge < -0.3 is 10.2 Å². The van der Waals surface area contributed by atoms with Crippen molar-refractivity contribution >= 4 is 23.0 Å². The van der Waals surface area contributed by atoms with Gasteiger partial charge in [-0.3, -0.25) is 19.6 Å². The topological polar surface area (TPSA) is 99.3 Å². The van der Waals surface area contributed by atoms with Crippen LogP contribution >= 0.6 is 0 Å².